The minimum Gasteiger partial charge on any atom is -0.463 e. The van der Waals surface area contributed by atoms with E-state index in [0.29, 0.717) is 0 Å². The molecule has 0 spiro atoms. The standard InChI is InChI=1S/C5H10.C3H5NO4/c1-5(2)3-4-5;1-2(5)8-4-3(6)7/h3-4H2,1-2H3;4H,1H3,(H,6,7). The van der Waals surface area contributed by atoms with Crippen molar-refractivity contribution in [2.75, 3.05) is 0 Å². The van der Waals surface area contributed by atoms with E-state index in [2.05, 4.69) is 18.7 Å². The van der Waals surface area contributed by atoms with Crippen LogP contribution < -0.4 is 5.48 Å². The van der Waals surface area contributed by atoms with E-state index < -0.39 is 12.1 Å². The van der Waals surface area contributed by atoms with E-state index in [4.69, 9.17) is 5.11 Å². The number of hydroxylamine groups is 1. The topological polar surface area (TPSA) is 75.6 Å². The fourth-order valence-corrected chi connectivity index (χ4v) is 0.366. The van der Waals surface area contributed by atoms with Gasteiger partial charge in [-0.05, 0) is 18.3 Å². The first-order valence-corrected chi connectivity index (χ1v) is 4.00. The molecular formula is C8H15NO4. The van der Waals surface area contributed by atoms with E-state index in [-0.39, 0.29) is 0 Å². The van der Waals surface area contributed by atoms with Crippen LogP contribution in [0.2, 0.25) is 0 Å². The minimum atomic E-state index is -1.39. The summed E-state index contributed by atoms with van der Waals surface area (Å²) >= 11 is 0. The molecule has 0 atom stereocenters. The molecule has 1 saturated carbocycles. The van der Waals surface area contributed by atoms with Crippen LogP contribution in [0.3, 0.4) is 0 Å². The maximum absolute atomic E-state index is 9.80. The van der Waals surface area contributed by atoms with Gasteiger partial charge in [0.05, 0.1) is 0 Å². The Balaban J connectivity index is 0.000000243. The Kier molecular flexibility index (Phi) is 4.23. The Hall–Kier alpha value is -1.26. The lowest BCUT2D eigenvalue weighted by molar-refractivity contribution is -0.146. The first-order chi connectivity index (χ1) is 5.83. The van der Waals surface area contributed by atoms with Gasteiger partial charge in [-0.15, -0.1) is 5.48 Å². The summed E-state index contributed by atoms with van der Waals surface area (Å²) in [5.41, 5.74) is 2.16. The number of amides is 1. The molecule has 0 unspecified atom stereocenters. The highest BCUT2D eigenvalue weighted by molar-refractivity contribution is 5.69. The van der Waals surface area contributed by atoms with Crippen molar-refractivity contribution in [1.29, 1.82) is 0 Å². The first kappa shape index (κ1) is 11.7. The van der Waals surface area contributed by atoms with Gasteiger partial charge >= 0.3 is 12.1 Å². The average Bonchev–Trinajstić information content (AvgIpc) is 2.63. The Bertz CT molecular complexity index is 180. The average molecular weight is 189 g/mol. The van der Waals surface area contributed by atoms with Crippen LogP contribution in [0.4, 0.5) is 4.79 Å². The number of carbonyl (C=O) groups is 2. The fraction of sp³-hybridized carbons (Fsp3) is 0.750. The van der Waals surface area contributed by atoms with Gasteiger partial charge in [-0.1, -0.05) is 13.8 Å². The maximum atomic E-state index is 9.80. The van der Waals surface area contributed by atoms with E-state index in [0.717, 1.165) is 12.3 Å². The molecule has 0 aliphatic heterocycles. The molecule has 0 bridgehead atoms. The summed E-state index contributed by atoms with van der Waals surface area (Å²) < 4.78 is 0. The lowest BCUT2D eigenvalue weighted by Crippen LogP contribution is -2.23. The van der Waals surface area contributed by atoms with Crippen molar-refractivity contribution in [3.8, 4) is 0 Å². The third-order valence-corrected chi connectivity index (χ3v) is 1.53. The van der Waals surface area contributed by atoms with Gasteiger partial charge in [0.15, 0.2) is 0 Å². The highest BCUT2D eigenvalue weighted by Crippen LogP contribution is 2.43. The Morgan fingerprint density at radius 2 is 1.77 bits per heavy atom. The van der Waals surface area contributed by atoms with Gasteiger partial charge in [-0.25, -0.2) is 4.79 Å². The lowest BCUT2D eigenvalue weighted by atomic mass is 10.2. The van der Waals surface area contributed by atoms with Crippen LogP contribution >= 0.6 is 0 Å². The fourth-order valence-electron chi connectivity index (χ4n) is 0.366. The summed E-state index contributed by atoms with van der Waals surface area (Å²) in [6.07, 6.45) is 1.51. The Labute approximate surface area is 77.0 Å². The molecule has 0 aromatic rings. The summed E-state index contributed by atoms with van der Waals surface area (Å²) in [6, 6.07) is 0. The normalized spacial score (nSPS) is 16.2. The van der Waals surface area contributed by atoms with E-state index in [1.54, 1.807) is 0 Å². The zero-order valence-corrected chi connectivity index (χ0v) is 8.09. The van der Waals surface area contributed by atoms with Gasteiger partial charge in [0.2, 0.25) is 0 Å². The van der Waals surface area contributed by atoms with E-state index in [9.17, 15) is 9.59 Å². The second kappa shape index (κ2) is 4.69. The molecule has 1 aliphatic carbocycles. The van der Waals surface area contributed by atoms with E-state index in [1.165, 1.54) is 18.3 Å². The molecule has 13 heavy (non-hydrogen) atoms. The highest BCUT2D eigenvalue weighted by atomic mass is 16.7. The summed E-state index contributed by atoms with van der Waals surface area (Å²) in [4.78, 5) is 23.1. The van der Waals surface area contributed by atoms with E-state index >= 15 is 0 Å². The number of carboxylic acid groups (broad SMARTS) is 1. The molecule has 1 aliphatic rings. The van der Waals surface area contributed by atoms with Gasteiger partial charge in [0, 0.05) is 6.92 Å². The number of hydrogen-bond donors (Lipinski definition) is 2. The number of rotatable bonds is 0. The van der Waals surface area contributed by atoms with Crippen LogP contribution in [0.15, 0.2) is 0 Å². The number of carbonyl (C=O) groups excluding carboxylic acids is 1. The van der Waals surface area contributed by atoms with Gasteiger partial charge in [-0.2, -0.15) is 0 Å². The summed E-state index contributed by atoms with van der Waals surface area (Å²) in [6.45, 7) is 5.69. The quantitative estimate of drug-likeness (QED) is 0.567. The molecule has 0 heterocycles. The molecule has 0 saturated heterocycles. The largest absolute Gasteiger partial charge is 0.463 e. The molecule has 76 valence electrons. The molecule has 5 nitrogen and oxygen atoms in total. The maximum Gasteiger partial charge on any atom is 0.438 e. The molecule has 0 aromatic heterocycles. The number of hydrogen-bond acceptors (Lipinski definition) is 3. The highest BCUT2D eigenvalue weighted by Gasteiger charge is 2.30. The van der Waals surface area contributed by atoms with Crippen molar-refractivity contribution in [1.82, 2.24) is 5.48 Å². The van der Waals surface area contributed by atoms with Gasteiger partial charge in [-0.3, -0.25) is 4.79 Å². The second-order valence-corrected chi connectivity index (χ2v) is 3.67. The van der Waals surface area contributed by atoms with Crippen LogP contribution in [0, 0.1) is 5.41 Å². The molecule has 0 radical (unpaired) electrons. The van der Waals surface area contributed by atoms with Crippen LogP contribution in [-0.4, -0.2) is 17.2 Å². The number of nitrogens with one attached hydrogen (secondary N) is 1. The van der Waals surface area contributed by atoms with Gasteiger partial charge in [0.25, 0.3) is 0 Å². The summed E-state index contributed by atoms with van der Waals surface area (Å²) in [5, 5.41) is 7.77. The molecule has 1 rings (SSSR count). The predicted octanol–water partition coefficient (Wildman–Crippen LogP) is 1.54. The molecule has 5 heteroatoms. The van der Waals surface area contributed by atoms with Crippen molar-refractivity contribution in [3.63, 3.8) is 0 Å². The van der Waals surface area contributed by atoms with Crippen LogP contribution in [0.5, 0.6) is 0 Å². The third-order valence-electron chi connectivity index (χ3n) is 1.53. The van der Waals surface area contributed by atoms with Gasteiger partial charge < -0.3 is 9.94 Å². The zero-order valence-electron chi connectivity index (χ0n) is 8.09. The van der Waals surface area contributed by atoms with Crippen molar-refractivity contribution >= 4 is 12.1 Å². The van der Waals surface area contributed by atoms with Crippen LogP contribution in [0.25, 0.3) is 0 Å². The van der Waals surface area contributed by atoms with Gasteiger partial charge in [0.1, 0.15) is 0 Å². The summed E-state index contributed by atoms with van der Waals surface area (Å²) in [7, 11) is 0. The van der Waals surface area contributed by atoms with Crippen molar-refractivity contribution in [2.45, 2.75) is 33.6 Å². The monoisotopic (exact) mass is 189 g/mol. The molecule has 1 fully saturated rings. The third kappa shape index (κ3) is 10.7. The molecule has 1 amide bonds. The first-order valence-electron chi connectivity index (χ1n) is 4.00. The van der Waals surface area contributed by atoms with Crippen molar-refractivity contribution in [2.24, 2.45) is 5.41 Å². The predicted molar refractivity (Wildman–Crippen MR) is 45.9 cm³/mol. The summed E-state index contributed by atoms with van der Waals surface area (Å²) in [5.74, 6) is -0.688. The molecule has 0 aromatic carbocycles. The Morgan fingerprint density at radius 1 is 1.38 bits per heavy atom. The van der Waals surface area contributed by atoms with Crippen molar-refractivity contribution < 1.29 is 19.5 Å². The zero-order chi connectivity index (χ0) is 10.5. The van der Waals surface area contributed by atoms with Crippen LogP contribution in [-0.2, 0) is 9.63 Å². The Morgan fingerprint density at radius 3 is 1.85 bits per heavy atom. The molecular weight excluding hydrogens is 174 g/mol. The minimum absolute atomic E-state index is 0.688. The second-order valence-electron chi connectivity index (χ2n) is 3.67. The molecule has 2 N–H and O–H groups in total. The SMILES string of the molecule is CC(=O)ONC(=O)O.CC1(C)CC1. The lowest BCUT2D eigenvalue weighted by Gasteiger charge is -1.94. The van der Waals surface area contributed by atoms with Crippen LogP contribution in [0.1, 0.15) is 33.6 Å². The van der Waals surface area contributed by atoms with Crippen molar-refractivity contribution in [3.05, 3.63) is 0 Å². The van der Waals surface area contributed by atoms with E-state index in [1.807, 2.05) is 0 Å². The smallest absolute Gasteiger partial charge is 0.438 e.